The summed E-state index contributed by atoms with van der Waals surface area (Å²) in [5, 5.41) is 6.37. The zero-order valence-electron chi connectivity index (χ0n) is 13.1. The topological polar surface area (TPSA) is 56.7 Å². The van der Waals surface area contributed by atoms with E-state index < -0.39 is 0 Å². The molecule has 1 fully saturated rings. The van der Waals surface area contributed by atoms with Crippen LogP contribution in [0.25, 0.3) is 0 Å². The largest absolute Gasteiger partial charge is 0.353 e. The third-order valence-corrected chi connectivity index (χ3v) is 3.67. The summed E-state index contributed by atoms with van der Waals surface area (Å²) in [7, 11) is 1.74. The normalized spacial score (nSPS) is 15.6. The average Bonchev–Trinajstić information content (AvgIpc) is 2.56. The summed E-state index contributed by atoms with van der Waals surface area (Å²) < 4.78 is 0. The lowest BCUT2D eigenvalue weighted by Gasteiger charge is -2.26. The Morgan fingerprint density at radius 2 is 2.09 bits per heavy atom. The van der Waals surface area contributed by atoms with Crippen LogP contribution in [0.2, 0.25) is 0 Å². The van der Waals surface area contributed by atoms with E-state index in [0.717, 1.165) is 36.6 Å². The van der Waals surface area contributed by atoms with Crippen LogP contribution in [0, 0.1) is 0 Å². The van der Waals surface area contributed by atoms with Crippen LogP contribution in [-0.4, -0.2) is 32.0 Å². The second-order valence-electron chi connectivity index (χ2n) is 5.26. The van der Waals surface area contributed by atoms with Gasteiger partial charge in [0, 0.05) is 38.8 Å². The highest BCUT2D eigenvalue weighted by Gasteiger charge is 2.19. The number of carbonyl (C=O) groups is 1. The fraction of sp³-hybridized carbons (Fsp3) is 0.412. The number of rotatable bonds is 5. The molecule has 5 nitrogen and oxygen atoms in total. The molecular formula is C17H24N4O. The van der Waals surface area contributed by atoms with Crippen LogP contribution < -0.4 is 15.5 Å². The number of nitrogens with one attached hydrogen (secondary N) is 2. The summed E-state index contributed by atoms with van der Waals surface area (Å²) in [5.74, 6) is 0.973. The molecule has 0 radical (unpaired) electrons. The molecule has 0 unspecified atom stereocenters. The van der Waals surface area contributed by atoms with Gasteiger partial charge in [-0.15, -0.1) is 6.58 Å². The van der Waals surface area contributed by atoms with Crippen LogP contribution in [0.3, 0.4) is 0 Å². The van der Waals surface area contributed by atoms with Crippen molar-refractivity contribution in [2.75, 3.05) is 25.0 Å². The fourth-order valence-electron chi connectivity index (χ4n) is 2.45. The van der Waals surface area contributed by atoms with Crippen molar-refractivity contribution < 1.29 is 4.79 Å². The van der Waals surface area contributed by atoms with Gasteiger partial charge in [-0.3, -0.25) is 9.79 Å². The van der Waals surface area contributed by atoms with E-state index in [2.05, 4.69) is 22.2 Å². The van der Waals surface area contributed by atoms with Crippen molar-refractivity contribution in [3.63, 3.8) is 0 Å². The summed E-state index contributed by atoms with van der Waals surface area (Å²) in [6, 6.07) is 8.12. The van der Waals surface area contributed by atoms with Crippen LogP contribution in [0.4, 0.5) is 5.69 Å². The van der Waals surface area contributed by atoms with Gasteiger partial charge in [0.05, 0.1) is 0 Å². The Balaban J connectivity index is 1.91. The first kappa shape index (κ1) is 16.1. The second-order valence-corrected chi connectivity index (χ2v) is 5.26. The molecule has 5 heteroatoms. The monoisotopic (exact) mass is 300 g/mol. The van der Waals surface area contributed by atoms with Gasteiger partial charge in [-0.1, -0.05) is 18.2 Å². The van der Waals surface area contributed by atoms with E-state index in [1.54, 1.807) is 13.1 Å². The minimum atomic E-state index is 0.228. The molecule has 2 rings (SSSR count). The molecule has 1 aliphatic rings. The maximum Gasteiger partial charge on any atom is 0.226 e. The van der Waals surface area contributed by atoms with E-state index in [4.69, 9.17) is 0 Å². The molecule has 1 saturated heterocycles. The first-order valence-electron chi connectivity index (χ1n) is 7.69. The summed E-state index contributed by atoms with van der Waals surface area (Å²) in [6.45, 7) is 5.86. The lowest BCUT2D eigenvalue weighted by atomic mass is 10.1. The molecule has 1 aromatic rings. The van der Waals surface area contributed by atoms with Gasteiger partial charge in [-0.25, -0.2) is 0 Å². The molecule has 0 bridgehead atoms. The van der Waals surface area contributed by atoms with Crippen LogP contribution in [0.1, 0.15) is 24.8 Å². The first-order valence-corrected chi connectivity index (χ1v) is 7.69. The molecule has 1 amide bonds. The molecule has 0 aliphatic carbocycles. The predicted octanol–water partition coefficient (Wildman–Crippen LogP) is 2.05. The number of nitrogens with zero attached hydrogens (tertiary/aromatic N) is 2. The minimum absolute atomic E-state index is 0.228. The molecular weight excluding hydrogens is 276 g/mol. The van der Waals surface area contributed by atoms with E-state index in [1.807, 2.05) is 29.2 Å². The van der Waals surface area contributed by atoms with E-state index in [0.29, 0.717) is 19.5 Å². The lowest BCUT2D eigenvalue weighted by molar-refractivity contribution is -0.119. The van der Waals surface area contributed by atoms with Crippen molar-refractivity contribution >= 4 is 17.6 Å². The standard InChI is InChI=1S/C17H24N4O/c1-3-11-19-17(18-2)20-13-14-7-9-15(10-8-14)21-12-5-4-6-16(21)22/h3,7-10H,1,4-6,11-13H2,2H3,(H2,18,19,20). The molecule has 1 aromatic carbocycles. The van der Waals surface area contributed by atoms with Crippen molar-refractivity contribution in [2.45, 2.75) is 25.8 Å². The zero-order chi connectivity index (χ0) is 15.8. The lowest BCUT2D eigenvalue weighted by Crippen LogP contribution is -2.36. The van der Waals surface area contributed by atoms with Crippen molar-refractivity contribution in [1.82, 2.24) is 10.6 Å². The highest BCUT2D eigenvalue weighted by Crippen LogP contribution is 2.21. The SMILES string of the molecule is C=CCNC(=NC)NCc1ccc(N2CCCCC2=O)cc1. The summed E-state index contributed by atoms with van der Waals surface area (Å²) in [5.41, 5.74) is 2.14. The number of guanidine groups is 1. The first-order chi connectivity index (χ1) is 10.7. The molecule has 1 aliphatic heterocycles. The smallest absolute Gasteiger partial charge is 0.226 e. The molecule has 2 N–H and O–H groups in total. The highest BCUT2D eigenvalue weighted by molar-refractivity contribution is 5.93. The van der Waals surface area contributed by atoms with E-state index in [1.165, 1.54) is 0 Å². The van der Waals surface area contributed by atoms with Crippen molar-refractivity contribution in [2.24, 2.45) is 4.99 Å². The van der Waals surface area contributed by atoms with E-state index in [9.17, 15) is 4.79 Å². The quantitative estimate of drug-likeness (QED) is 0.497. The van der Waals surface area contributed by atoms with Gasteiger partial charge < -0.3 is 15.5 Å². The number of hydrogen-bond acceptors (Lipinski definition) is 2. The van der Waals surface area contributed by atoms with E-state index >= 15 is 0 Å². The van der Waals surface area contributed by atoms with Crippen LogP contribution in [0.5, 0.6) is 0 Å². The molecule has 118 valence electrons. The third-order valence-electron chi connectivity index (χ3n) is 3.67. The van der Waals surface area contributed by atoms with Crippen LogP contribution in [0.15, 0.2) is 41.9 Å². The molecule has 1 heterocycles. The zero-order valence-corrected chi connectivity index (χ0v) is 13.1. The minimum Gasteiger partial charge on any atom is -0.353 e. The molecule has 0 atom stereocenters. The predicted molar refractivity (Wildman–Crippen MR) is 91.0 cm³/mol. The molecule has 0 aromatic heterocycles. The van der Waals surface area contributed by atoms with E-state index in [-0.39, 0.29) is 5.91 Å². The van der Waals surface area contributed by atoms with Gasteiger partial charge in [0.25, 0.3) is 0 Å². The molecule has 0 saturated carbocycles. The highest BCUT2D eigenvalue weighted by atomic mass is 16.2. The van der Waals surface area contributed by atoms with Gasteiger partial charge in [0.15, 0.2) is 5.96 Å². The number of anilines is 1. The van der Waals surface area contributed by atoms with Gasteiger partial charge in [0.1, 0.15) is 0 Å². The second kappa shape index (κ2) is 8.22. The van der Waals surface area contributed by atoms with Crippen molar-refractivity contribution in [1.29, 1.82) is 0 Å². The van der Waals surface area contributed by atoms with Crippen LogP contribution in [-0.2, 0) is 11.3 Å². The molecule has 22 heavy (non-hydrogen) atoms. The van der Waals surface area contributed by atoms with Gasteiger partial charge in [0.2, 0.25) is 5.91 Å². The third kappa shape index (κ3) is 4.35. The Labute approximate surface area is 132 Å². The van der Waals surface area contributed by atoms with Crippen molar-refractivity contribution in [3.8, 4) is 0 Å². The summed E-state index contributed by atoms with van der Waals surface area (Å²) >= 11 is 0. The van der Waals surface area contributed by atoms with Crippen LogP contribution >= 0.6 is 0 Å². The molecule has 0 spiro atoms. The Hall–Kier alpha value is -2.30. The Morgan fingerprint density at radius 3 is 2.73 bits per heavy atom. The summed E-state index contributed by atoms with van der Waals surface area (Å²) in [6.07, 6.45) is 4.54. The average molecular weight is 300 g/mol. The maximum atomic E-state index is 11.9. The Kier molecular flexibility index (Phi) is 6.01. The number of amides is 1. The fourth-order valence-corrected chi connectivity index (χ4v) is 2.45. The number of aliphatic imine (C=N–C) groups is 1. The number of piperidine rings is 1. The number of benzene rings is 1. The van der Waals surface area contributed by atoms with Gasteiger partial charge in [-0.05, 0) is 30.5 Å². The van der Waals surface area contributed by atoms with Crippen molar-refractivity contribution in [3.05, 3.63) is 42.5 Å². The Morgan fingerprint density at radius 1 is 1.32 bits per heavy atom. The maximum absolute atomic E-state index is 11.9. The number of carbonyl (C=O) groups excluding carboxylic acids is 1. The Bertz CT molecular complexity index is 536. The van der Waals surface area contributed by atoms with Gasteiger partial charge >= 0.3 is 0 Å². The summed E-state index contributed by atoms with van der Waals surface area (Å²) in [4.78, 5) is 17.9. The number of hydrogen-bond donors (Lipinski definition) is 2. The van der Waals surface area contributed by atoms with Gasteiger partial charge in [-0.2, -0.15) is 0 Å².